The molecule has 1 aliphatic heterocycles. The maximum absolute atomic E-state index is 3.40. The van der Waals surface area contributed by atoms with Crippen molar-refractivity contribution in [2.75, 3.05) is 24.8 Å². The number of thioether (sulfide) groups is 2. The normalized spacial score (nSPS) is 16.9. The van der Waals surface area contributed by atoms with Crippen molar-refractivity contribution in [1.82, 2.24) is 5.32 Å². The van der Waals surface area contributed by atoms with E-state index in [4.69, 9.17) is 0 Å². The number of aryl methyl sites for hydroxylation is 1. The quantitative estimate of drug-likeness (QED) is 0.884. The molecule has 1 unspecified atom stereocenters. The van der Waals surface area contributed by atoms with E-state index in [1.165, 1.54) is 29.1 Å². The van der Waals surface area contributed by atoms with Crippen LogP contribution in [0.25, 0.3) is 0 Å². The first-order valence-corrected chi connectivity index (χ1v) is 8.15. The molecule has 1 N–H and O–H groups in total. The standard InChI is InChI=1S/C13H19NS2/c1-14-12(9-15-2)10-5-6-13-11(8-10)4-3-7-16-13/h5-6,8,12,14H,3-4,7,9H2,1-2H3. The zero-order valence-corrected chi connectivity index (χ0v) is 11.6. The molecule has 0 saturated heterocycles. The van der Waals surface area contributed by atoms with Crippen molar-refractivity contribution in [3.05, 3.63) is 29.3 Å². The monoisotopic (exact) mass is 253 g/mol. The lowest BCUT2D eigenvalue weighted by atomic mass is 10.0. The van der Waals surface area contributed by atoms with Gasteiger partial charge in [-0.2, -0.15) is 11.8 Å². The molecule has 3 heteroatoms. The highest BCUT2D eigenvalue weighted by Gasteiger charge is 2.13. The van der Waals surface area contributed by atoms with Gasteiger partial charge >= 0.3 is 0 Å². The maximum Gasteiger partial charge on any atom is 0.0409 e. The van der Waals surface area contributed by atoms with Gasteiger partial charge in [0.15, 0.2) is 0 Å². The van der Waals surface area contributed by atoms with E-state index in [0.29, 0.717) is 6.04 Å². The van der Waals surface area contributed by atoms with Crippen molar-refractivity contribution in [2.24, 2.45) is 0 Å². The first-order chi connectivity index (χ1) is 7.85. The Hall–Kier alpha value is -0.120. The first-order valence-electron chi connectivity index (χ1n) is 5.77. The van der Waals surface area contributed by atoms with Gasteiger partial charge in [0.2, 0.25) is 0 Å². The van der Waals surface area contributed by atoms with Gasteiger partial charge in [0.1, 0.15) is 0 Å². The van der Waals surface area contributed by atoms with Crippen molar-refractivity contribution in [3.63, 3.8) is 0 Å². The summed E-state index contributed by atoms with van der Waals surface area (Å²) < 4.78 is 0. The van der Waals surface area contributed by atoms with Gasteiger partial charge in [0, 0.05) is 16.7 Å². The third-order valence-electron chi connectivity index (χ3n) is 3.02. The van der Waals surface area contributed by atoms with Crippen molar-refractivity contribution in [3.8, 4) is 0 Å². The topological polar surface area (TPSA) is 12.0 Å². The van der Waals surface area contributed by atoms with Gasteiger partial charge in [-0.05, 0) is 49.1 Å². The van der Waals surface area contributed by atoms with E-state index in [9.17, 15) is 0 Å². The van der Waals surface area contributed by atoms with Gasteiger partial charge in [0.25, 0.3) is 0 Å². The van der Waals surface area contributed by atoms with E-state index in [1.54, 1.807) is 5.56 Å². The van der Waals surface area contributed by atoms with Crippen LogP contribution in [0.4, 0.5) is 0 Å². The number of hydrogen-bond acceptors (Lipinski definition) is 3. The molecule has 1 aromatic rings. The Labute approximate surface area is 107 Å². The second-order valence-corrected chi connectivity index (χ2v) is 6.16. The van der Waals surface area contributed by atoms with Crippen LogP contribution in [0.5, 0.6) is 0 Å². The van der Waals surface area contributed by atoms with Crippen LogP contribution in [0.15, 0.2) is 23.1 Å². The Bertz CT molecular complexity index is 352. The molecule has 2 rings (SSSR count). The highest BCUT2D eigenvalue weighted by Crippen LogP contribution is 2.32. The van der Waals surface area contributed by atoms with E-state index >= 15 is 0 Å². The second-order valence-electron chi connectivity index (χ2n) is 4.12. The lowest BCUT2D eigenvalue weighted by Crippen LogP contribution is -2.19. The molecule has 0 amide bonds. The molecule has 16 heavy (non-hydrogen) atoms. The second kappa shape index (κ2) is 5.99. The summed E-state index contributed by atoms with van der Waals surface area (Å²) in [6, 6.07) is 7.49. The summed E-state index contributed by atoms with van der Waals surface area (Å²) >= 11 is 3.90. The van der Waals surface area contributed by atoms with E-state index in [1.807, 2.05) is 23.5 Å². The predicted octanol–water partition coefficient (Wildman–Crippen LogP) is 3.35. The van der Waals surface area contributed by atoms with Crippen LogP contribution in [0.3, 0.4) is 0 Å². The largest absolute Gasteiger partial charge is 0.312 e. The fraction of sp³-hybridized carbons (Fsp3) is 0.538. The molecule has 1 aromatic carbocycles. The first kappa shape index (κ1) is 12.3. The summed E-state index contributed by atoms with van der Waals surface area (Å²) in [5, 5.41) is 3.40. The number of nitrogens with one attached hydrogen (secondary N) is 1. The summed E-state index contributed by atoms with van der Waals surface area (Å²) in [5.41, 5.74) is 2.99. The SMILES string of the molecule is CNC(CSC)c1ccc2c(c1)CCCS2. The van der Waals surface area contributed by atoms with Crippen LogP contribution in [0.2, 0.25) is 0 Å². The molecule has 0 spiro atoms. The lowest BCUT2D eigenvalue weighted by molar-refractivity contribution is 0.659. The van der Waals surface area contributed by atoms with Crippen molar-refractivity contribution in [1.29, 1.82) is 0 Å². The van der Waals surface area contributed by atoms with Gasteiger partial charge in [-0.25, -0.2) is 0 Å². The summed E-state index contributed by atoms with van der Waals surface area (Å²) in [4.78, 5) is 1.49. The lowest BCUT2D eigenvalue weighted by Gasteiger charge is -2.20. The average molecular weight is 253 g/mol. The summed E-state index contributed by atoms with van der Waals surface area (Å²) in [6.45, 7) is 0. The van der Waals surface area contributed by atoms with Crippen LogP contribution in [-0.4, -0.2) is 24.8 Å². The minimum atomic E-state index is 0.493. The summed E-state index contributed by atoms with van der Waals surface area (Å²) in [6.07, 6.45) is 4.75. The van der Waals surface area contributed by atoms with E-state index in [2.05, 4.69) is 36.8 Å². The molecular formula is C13H19NS2. The minimum absolute atomic E-state index is 0.493. The Kier molecular flexibility index (Phi) is 4.62. The Morgan fingerprint density at radius 1 is 1.50 bits per heavy atom. The van der Waals surface area contributed by atoms with Crippen LogP contribution >= 0.6 is 23.5 Å². The van der Waals surface area contributed by atoms with E-state index in [-0.39, 0.29) is 0 Å². The van der Waals surface area contributed by atoms with Gasteiger partial charge in [-0.1, -0.05) is 12.1 Å². The van der Waals surface area contributed by atoms with Crippen molar-refractivity contribution >= 4 is 23.5 Å². The fourth-order valence-electron chi connectivity index (χ4n) is 2.11. The van der Waals surface area contributed by atoms with E-state index in [0.717, 1.165) is 5.75 Å². The van der Waals surface area contributed by atoms with Gasteiger partial charge in [-0.15, -0.1) is 11.8 Å². The molecule has 0 radical (unpaired) electrons. The molecule has 0 saturated carbocycles. The van der Waals surface area contributed by atoms with Crippen LogP contribution in [-0.2, 0) is 6.42 Å². The molecule has 1 aliphatic rings. The number of hydrogen-bond donors (Lipinski definition) is 1. The van der Waals surface area contributed by atoms with Gasteiger partial charge in [0.05, 0.1) is 0 Å². The van der Waals surface area contributed by atoms with Gasteiger partial charge < -0.3 is 5.32 Å². The predicted molar refractivity (Wildman–Crippen MR) is 75.7 cm³/mol. The van der Waals surface area contributed by atoms with Crippen LogP contribution < -0.4 is 5.32 Å². The third-order valence-corrected chi connectivity index (χ3v) is 4.89. The zero-order valence-electron chi connectivity index (χ0n) is 9.95. The molecule has 0 bridgehead atoms. The number of rotatable bonds is 4. The van der Waals surface area contributed by atoms with Crippen LogP contribution in [0, 0.1) is 0 Å². The van der Waals surface area contributed by atoms with Gasteiger partial charge in [-0.3, -0.25) is 0 Å². The molecule has 0 aliphatic carbocycles. The molecule has 0 fully saturated rings. The van der Waals surface area contributed by atoms with Crippen molar-refractivity contribution in [2.45, 2.75) is 23.8 Å². The smallest absolute Gasteiger partial charge is 0.0409 e. The highest BCUT2D eigenvalue weighted by atomic mass is 32.2. The Morgan fingerprint density at radius 3 is 3.12 bits per heavy atom. The summed E-state index contributed by atoms with van der Waals surface area (Å²) in [7, 11) is 2.05. The zero-order chi connectivity index (χ0) is 11.4. The summed E-state index contributed by atoms with van der Waals surface area (Å²) in [5.74, 6) is 2.43. The highest BCUT2D eigenvalue weighted by molar-refractivity contribution is 7.99. The maximum atomic E-state index is 3.40. The molecule has 88 valence electrons. The Balaban J connectivity index is 2.21. The van der Waals surface area contributed by atoms with Crippen LogP contribution in [0.1, 0.15) is 23.6 Å². The molecular weight excluding hydrogens is 234 g/mol. The molecule has 1 nitrogen and oxygen atoms in total. The minimum Gasteiger partial charge on any atom is -0.312 e. The number of fused-ring (bicyclic) bond motifs is 1. The molecule has 1 atom stereocenters. The fourth-order valence-corrected chi connectivity index (χ4v) is 3.82. The number of benzene rings is 1. The average Bonchev–Trinajstić information content (AvgIpc) is 2.35. The third kappa shape index (κ3) is 2.76. The van der Waals surface area contributed by atoms with Crippen molar-refractivity contribution < 1.29 is 0 Å². The molecule has 1 heterocycles. The Morgan fingerprint density at radius 2 is 2.38 bits per heavy atom. The van der Waals surface area contributed by atoms with E-state index < -0.39 is 0 Å². The molecule has 0 aromatic heterocycles.